The zero-order valence-electron chi connectivity index (χ0n) is 12.1. The van der Waals surface area contributed by atoms with Crippen LogP contribution in [-0.4, -0.2) is 34.3 Å². The Hall–Kier alpha value is -1.55. The van der Waals surface area contributed by atoms with E-state index in [9.17, 15) is 4.79 Å². The lowest BCUT2D eigenvalue weighted by molar-refractivity contribution is 0.203. The largest absolute Gasteiger partial charge is 0.412 e. The number of carbonyl (C=O) groups is 1. The van der Waals surface area contributed by atoms with Gasteiger partial charge in [-0.15, -0.1) is 0 Å². The van der Waals surface area contributed by atoms with Crippen molar-refractivity contribution in [1.82, 2.24) is 9.80 Å². The maximum atomic E-state index is 11.2. The molecule has 0 radical (unpaired) electrons. The van der Waals surface area contributed by atoms with Crippen LogP contribution in [-0.2, 0) is 0 Å². The van der Waals surface area contributed by atoms with Crippen LogP contribution in [0.15, 0.2) is 18.2 Å². The Morgan fingerprint density at radius 1 is 1.28 bits per heavy atom. The summed E-state index contributed by atoms with van der Waals surface area (Å²) in [7, 11) is 7.85. The van der Waals surface area contributed by atoms with Crippen molar-refractivity contribution in [3.05, 3.63) is 23.8 Å². The summed E-state index contributed by atoms with van der Waals surface area (Å²) in [5, 5.41) is 2.44. The van der Waals surface area contributed by atoms with Crippen LogP contribution in [0.4, 0.5) is 10.5 Å². The van der Waals surface area contributed by atoms with Crippen molar-refractivity contribution in [2.75, 3.05) is 28.2 Å². The van der Waals surface area contributed by atoms with Crippen molar-refractivity contribution < 1.29 is 9.53 Å². The number of hydrogen-bond acceptors (Lipinski definition) is 2. The molecule has 0 fully saturated rings. The molecule has 18 heavy (non-hydrogen) atoms. The molecule has 0 aliphatic heterocycles. The number of ether oxygens (including phenoxy) is 1. The van der Waals surface area contributed by atoms with E-state index >= 15 is 0 Å². The lowest BCUT2D eigenvalue weighted by Crippen LogP contribution is -2.36. The molecule has 1 aromatic rings. The van der Waals surface area contributed by atoms with Crippen LogP contribution < -0.4 is 14.5 Å². The normalized spacial score (nSPS) is 11.5. The monoisotopic (exact) mass is 251 g/mol. The molecule has 1 amide bonds. The van der Waals surface area contributed by atoms with E-state index in [4.69, 9.17) is 4.74 Å². The standard InChI is InChI=1S/C14H22N2O2/c1-10(2)12-8-7-11(18-14(17)15-3)9-13(12)16(4,5)6/h7-10H,1-6H3/p+1. The number of amides is 1. The first kappa shape index (κ1) is 14.5. The van der Waals surface area contributed by atoms with Gasteiger partial charge in [0.05, 0.1) is 21.1 Å². The van der Waals surface area contributed by atoms with E-state index in [1.54, 1.807) is 7.05 Å². The zero-order chi connectivity index (χ0) is 13.9. The van der Waals surface area contributed by atoms with Gasteiger partial charge in [0, 0.05) is 18.7 Å². The Kier molecular flexibility index (Phi) is 4.35. The first-order valence-corrected chi connectivity index (χ1v) is 6.11. The molecular weight excluding hydrogens is 228 g/mol. The molecule has 0 aliphatic rings. The van der Waals surface area contributed by atoms with E-state index in [2.05, 4.69) is 40.3 Å². The molecule has 1 rings (SSSR count). The Bertz CT molecular complexity index is 434. The maximum Gasteiger partial charge on any atom is 0.412 e. The van der Waals surface area contributed by atoms with Crippen LogP contribution in [0.5, 0.6) is 5.75 Å². The summed E-state index contributed by atoms with van der Waals surface area (Å²) < 4.78 is 5.87. The summed E-state index contributed by atoms with van der Waals surface area (Å²) in [6.07, 6.45) is -0.445. The smallest absolute Gasteiger partial charge is 0.410 e. The number of hydrogen-bond donors (Lipinski definition) is 1. The predicted octanol–water partition coefficient (Wildman–Crippen LogP) is 2.72. The predicted molar refractivity (Wildman–Crippen MR) is 75.2 cm³/mol. The maximum absolute atomic E-state index is 11.2. The van der Waals surface area contributed by atoms with Gasteiger partial charge < -0.3 is 10.1 Å². The van der Waals surface area contributed by atoms with E-state index in [1.807, 2.05) is 18.2 Å². The Balaban J connectivity index is 3.18. The number of nitrogens with one attached hydrogen (secondary N) is 1. The van der Waals surface area contributed by atoms with Gasteiger partial charge in [-0.25, -0.2) is 4.79 Å². The third-order valence-electron chi connectivity index (χ3n) is 2.76. The second-order valence-electron chi connectivity index (χ2n) is 5.53. The second kappa shape index (κ2) is 5.40. The highest BCUT2D eigenvalue weighted by Crippen LogP contribution is 2.32. The van der Waals surface area contributed by atoms with Crippen molar-refractivity contribution in [2.24, 2.45) is 0 Å². The molecule has 0 spiro atoms. The minimum atomic E-state index is -0.445. The summed E-state index contributed by atoms with van der Waals surface area (Å²) in [4.78, 5) is 11.2. The summed E-state index contributed by atoms with van der Waals surface area (Å²) in [5.41, 5.74) is 2.43. The molecule has 0 saturated heterocycles. The molecule has 0 atom stereocenters. The number of benzene rings is 1. The highest BCUT2D eigenvalue weighted by Gasteiger charge is 2.21. The SMILES string of the molecule is CNC(=O)Oc1ccc(C(C)C)c([N+](C)(C)C)c1. The minimum Gasteiger partial charge on any atom is -0.410 e. The molecule has 4 heteroatoms. The fourth-order valence-corrected chi connectivity index (χ4v) is 1.81. The number of nitrogens with zero attached hydrogens (tertiary/aromatic N) is 1. The lowest BCUT2D eigenvalue weighted by Gasteiger charge is -2.27. The highest BCUT2D eigenvalue weighted by atomic mass is 16.5. The van der Waals surface area contributed by atoms with Crippen molar-refractivity contribution in [2.45, 2.75) is 19.8 Å². The van der Waals surface area contributed by atoms with Crippen molar-refractivity contribution in [3.8, 4) is 5.75 Å². The van der Waals surface area contributed by atoms with Gasteiger partial charge in [-0.1, -0.05) is 13.8 Å². The summed E-state index contributed by atoms with van der Waals surface area (Å²) in [6.45, 7) is 4.32. The third kappa shape index (κ3) is 3.47. The van der Waals surface area contributed by atoms with E-state index in [1.165, 1.54) is 5.56 Å². The highest BCUT2D eigenvalue weighted by molar-refractivity contribution is 5.70. The minimum absolute atomic E-state index is 0.436. The molecule has 100 valence electrons. The van der Waals surface area contributed by atoms with Gasteiger partial charge in [0.1, 0.15) is 11.4 Å². The number of carbonyl (C=O) groups excluding carboxylic acids is 1. The van der Waals surface area contributed by atoms with Crippen LogP contribution in [0.25, 0.3) is 0 Å². The average Bonchev–Trinajstić information content (AvgIpc) is 2.27. The molecular formula is C14H23N2O2+. The summed E-state index contributed by atoms with van der Waals surface area (Å²) >= 11 is 0. The molecule has 4 nitrogen and oxygen atoms in total. The van der Waals surface area contributed by atoms with Gasteiger partial charge in [-0.3, -0.25) is 4.48 Å². The second-order valence-corrected chi connectivity index (χ2v) is 5.53. The van der Waals surface area contributed by atoms with Crippen molar-refractivity contribution in [3.63, 3.8) is 0 Å². The Labute approximate surface area is 109 Å². The van der Waals surface area contributed by atoms with E-state index in [-0.39, 0.29) is 0 Å². The fraction of sp³-hybridized carbons (Fsp3) is 0.500. The molecule has 0 aromatic heterocycles. The van der Waals surface area contributed by atoms with E-state index in [0.717, 1.165) is 5.69 Å². The first-order chi connectivity index (χ1) is 8.25. The van der Waals surface area contributed by atoms with Crippen LogP contribution in [0.3, 0.4) is 0 Å². The van der Waals surface area contributed by atoms with Gasteiger partial charge >= 0.3 is 6.09 Å². The Morgan fingerprint density at radius 2 is 1.89 bits per heavy atom. The molecule has 0 unspecified atom stereocenters. The Morgan fingerprint density at radius 3 is 2.33 bits per heavy atom. The van der Waals surface area contributed by atoms with Gasteiger partial charge in [0.15, 0.2) is 0 Å². The number of rotatable bonds is 3. The van der Waals surface area contributed by atoms with Gasteiger partial charge in [0.2, 0.25) is 0 Å². The quantitative estimate of drug-likeness (QED) is 0.839. The zero-order valence-corrected chi connectivity index (χ0v) is 12.1. The van der Waals surface area contributed by atoms with Gasteiger partial charge in [0.25, 0.3) is 0 Å². The van der Waals surface area contributed by atoms with Crippen LogP contribution in [0.1, 0.15) is 25.3 Å². The molecule has 1 N–H and O–H groups in total. The molecule has 0 bridgehead atoms. The molecule has 1 aromatic carbocycles. The van der Waals surface area contributed by atoms with Crippen LogP contribution in [0, 0.1) is 0 Å². The van der Waals surface area contributed by atoms with Crippen LogP contribution in [0.2, 0.25) is 0 Å². The fourth-order valence-electron chi connectivity index (χ4n) is 1.81. The van der Waals surface area contributed by atoms with Gasteiger partial charge in [-0.05, 0) is 18.1 Å². The number of quaternary nitrogens is 1. The van der Waals surface area contributed by atoms with Crippen molar-refractivity contribution >= 4 is 11.8 Å². The van der Waals surface area contributed by atoms with E-state index in [0.29, 0.717) is 16.2 Å². The summed E-state index contributed by atoms with van der Waals surface area (Å²) in [6, 6.07) is 5.80. The van der Waals surface area contributed by atoms with Crippen molar-refractivity contribution in [1.29, 1.82) is 0 Å². The summed E-state index contributed by atoms with van der Waals surface area (Å²) in [5.74, 6) is 1.01. The first-order valence-electron chi connectivity index (χ1n) is 6.11. The molecule has 0 heterocycles. The lowest BCUT2D eigenvalue weighted by atomic mass is 9.99. The van der Waals surface area contributed by atoms with Crippen LogP contribution >= 0.6 is 0 Å². The average molecular weight is 251 g/mol. The molecule has 0 aliphatic carbocycles. The van der Waals surface area contributed by atoms with Gasteiger partial charge in [-0.2, -0.15) is 0 Å². The molecule has 0 saturated carbocycles. The topological polar surface area (TPSA) is 38.3 Å². The third-order valence-corrected chi connectivity index (χ3v) is 2.76. The van der Waals surface area contributed by atoms with E-state index < -0.39 is 6.09 Å².